The number of fused-ring (bicyclic) bond motifs is 1. The number of imidazole rings is 1. The fourth-order valence-corrected chi connectivity index (χ4v) is 3.62. The minimum absolute atomic E-state index is 0. The topological polar surface area (TPSA) is 170 Å². The number of pyridine rings is 1. The van der Waals surface area contributed by atoms with Crippen molar-refractivity contribution in [1.82, 2.24) is 15.0 Å². The molecule has 0 aliphatic carbocycles. The average Bonchev–Trinajstić information content (AvgIpc) is 3.01. The van der Waals surface area contributed by atoms with Crippen LogP contribution in [0.2, 0.25) is 0 Å². The molecule has 1 aromatic carbocycles. The Labute approximate surface area is 187 Å². The van der Waals surface area contributed by atoms with Crippen molar-refractivity contribution in [2.75, 3.05) is 14.2 Å². The maximum Gasteiger partial charge on any atom is 1.00 e. The van der Waals surface area contributed by atoms with Gasteiger partial charge in [0, 0.05) is 22.5 Å². The van der Waals surface area contributed by atoms with Crippen LogP contribution in [0.3, 0.4) is 0 Å². The first kappa shape index (κ1) is 28.7. The fraction of sp³-hybridized carbons (Fsp3) is 0.294. The Kier molecular flexibility index (Phi) is 12.4. The molecule has 0 saturated carbocycles. The summed E-state index contributed by atoms with van der Waals surface area (Å²) in [6, 6.07) is 5.39. The second-order valence-corrected chi connectivity index (χ2v) is 6.74. The number of nitrogens with zero attached hydrogens (tertiary/aromatic N) is 3. The average molecular weight is 421 g/mol. The Morgan fingerprint density at radius 1 is 1.11 bits per heavy atom. The van der Waals surface area contributed by atoms with E-state index < -0.39 is 10.8 Å². The van der Waals surface area contributed by atoms with Gasteiger partial charge in [0.15, 0.2) is 0 Å². The molecule has 3 aromatic rings. The standard InChI is InChI=1S/C17H18N3O3S.Na.3H2O/c1-10-8-18-15(11(2)16(10)23-4)9-24(21)17-19-13-6-5-12(22-3)7-14(13)20-17;;;;/h5-8H,9H2,1-4H3;;3*1H2/q-1;+1;;;/t24-;;;;/m0..../s1. The predicted molar refractivity (Wildman–Crippen MR) is 103 cm³/mol. The van der Waals surface area contributed by atoms with Gasteiger partial charge in [-0.05, 0) is 37.0 Å². The van der Waals surface area contributed by atoms with Crippen LogP contribution < -0.4 is 44.0 Å². The van der Waals surface area contributed by atoms with Crippen LogP contribution in [-0.2, 0) is 16.6 Å². The molecule has 0 fully saturated rings. The van der Waals surface area contributed by atoms with Gasteiger partial charge >= 0.3 is 29.6 Å². The van der Waals surface area contributed by atoms with Crippen LogP contribution in [0.4, 0.5) is 0 Å². The molecule has 28 heavy (non-hydrogen) atoms. The zero-order valence-corrected chi connectivity index (χ0v) is 19.3. The summed E-state index contributed by atoms with van der Waals surface area (Å²) in [6.45, 7) is 3.85. The summed E-state index contributed by atoms with van der Waals surface area (Å²) < 4.78 is 23.2. The van der Waals surface area contributed by atoms with E-state index in [0.29, 0.717) is 21.9 Å². The Hall–Kier alpha value is -1.53. The smallest absolute Gasteiger partial charge is 0.497 e. The fourth-order valence-electron chi connectivity index (χ4n) is 2.55. The Bertz CT molecular complexity index is 935. The molecule has 0 aliphatic rings. The summed E-state index contributed by atoms with van der Waals surface area (Å²) in [5, 5.41) is 0.305. The SMILES string of the molecule is COc1ccc2[n-]c([S@@](=O)Cc3ncc(C)c(OC)c3C)nc2c1.O.O.O.[Na+]. The van der Waals surface area contributed by atoms with Crippen LogP contribution in [0.1, 0.15) is 16.8 Å². The summed E-state index contributed by atoms with van der Waals surface area (Å²) in [5.41, 5.74) is 3.94. The first-order valence-corrected chi connectivity index (χ1v) is 8.71. The van der Waals surface area contributed by atoms with Gasteiger partial charge in [0.05, 0.1) is 36.5 Å². The first-order valence-electron chi connectivity index (χ1n) is 7.39. The molecule has 11 heteroatoms. The van der Waals surface area contributed by atoms with Crippen molar-refractivity contribution in [2.24, 2.45) is 0 Å². The number of hydrogen-bond acceptors (Lipinski definition) is 5. The van der Waals surface area contributed by atoms with Crippen LogP contribution >= 0.6 is 0 Å². The van der Waals surface area contributed by atoms with E-state index in [0.717, 1.165) is 22.6 Å². The molecule has 0 aliphatic heterocycles. The summed E-state index contributed by atoms with van der Waals surface area (Å²) in [6.07, 6.45) is 1.73. The molecule has 9 nitrogen and oxygen atoms in total. The van der Waals surface area contributed by atoms with Crippen LogP contribution in [0, 0.1) is 13.8 Å². The monoisotopic (exact) mass is 421 g/mol. The third-order valence-electron chi connectivity index (χ3n) is 3.84. The van der Waals surface area contributed by atoms with Crippen molar-refractivity contribution in [1.29, 1.82) is 0 Å². The minimum atomic E-state index is -1.38. The van der Waals surface area contributed by atoms with Gasteiger partial charge in [-0.25, -0.2) is 0 Å². The molecule has 6 N–H and O–H groups in total. The van der Waals surface area contributed by atoms with Gasteiger partial charge in [0.1, 0.15) is 11.5 Å². The molecule has 2 heterocycles. The molecule has 150 valence electrons. The normalized spacial score (nSPS) is 10.6. The predicted octanol–water partition coefficient (Wildman–Crippen LogP) is -2.94. The van der Waals surface area contributed by atoms with Crippen molar-refractivity contribution in [3.63, 3.8) is 0 Å². The largest absolute Gasteiger partial charge is 1.00 e. The zero-order chi connectivity index (χ0) is 17.3. The second-order valence-electron chi connectivity index (χ2n) is 5.40. The number of ether oxygens (including phenoxy) is 2. The number of methoxy groups -OCH3 is 2. The number of aromatic nitrogens is 3. The number of aryl methyl sites for hydroxylation is 1. The van der Waals surface area contributed by atoms with E-state index in [2.05, 4.69) is 15.0 Å². The number of benzene rings is 1. The van der Waals surface area contributed by atoms with Crippen LogP contribution in [-0.4, -0.2) is 44.8 Å². The van der Waals surface area contributed by atoms with Crippen LogP contribution in [0.5, 0.6) is 11.5 Å². The number of rotatable bonds is 5. The maximum atomic E-state index is 12.6. The summed E-state index contributed by atoms with van der Waals surface area (Å²) in [4.78, 5) is 13.1. The first-order chi connectivity index (χ1) is 11.5. The molecule has 0 unspecified atom stereocenters. The van der Waals surface area contributed by atoms with Gasteiger partial charge in [0.2, 0.25) is 0 Å². The molecule has 0 amide bonds. The van der Waals surface area contributed by atoms with E-state index in [-0.39, 0.29) is 51.7 Å². The molecular weight excluding hydrogens is 397 g/mol. The van der Waals surface area contributed by atoms with Gasteiger partial charge in [-0.3, -0.25) is 9.19 Å². The van der Waals surface area contributed by atoms with E-state index in [9.17, 15) is 4.21 Å². The van der Waals surface area contributed by atoms with E-state index in [4.69, 9.17) is 9.47 Å². The molecule has 0 radical (unpaired) electrons. The summed E-state index contributed by atoms with van der Waals surface area (Å²) in [5.74, 6) is 1.71. The number of hydrogen-bond donors (Lipinski definition) is 0. The third-order valence-corrected chi connectivity index (χ3v) is 4.96. The molecule has 3 rings (SSSR count). The van der Waals surface area contributed by atoms with E-state index in [1.165, 1.54) is 0 Å². The van der Waals surface area contributed by atoms with Gasteiger partial charge in [0.25, 0.3) is 0 Å². The van der Waals surface area contributed by atoms with E-state index in [1.807, 2.05) is 13.8 Å². The maximum absolute atomic E-state index is 12.6. The summed E-state index contributed by atoms with van der Waals surface area (Å²) in [7, 11) is 1.83. The van der Waals surface area contributed by atoms with Gasteiger partial charge in [-0.2, -0.15) is 0 Å². The Morgan fingerprint density at radius 2 is 1.79 bits per heavy atom. The van der Waals surface area contributed by atoms with Gasteiger partial charge in [-0.1, -0.05) is 6.07 Å². The molecule has 0 saturated heterocycles. The van der Waals surface area contributed by atoms with Crippen molar-refractivity contribution in [3.8, 4) is 11.5 Å². The van der Waals surface area contributed by atoms with Gasteiger partial charge in [-0.15, -0.1) is 0 Å². The summed E-state index contributed by atoms with van der Waals surface area (Å²) >= 11 is 0. The zero-order valence-electron chi connectivity index (χ0n) is 16.5. The molecule has 1 atom stereocenters. The van der Waals surface area contributed by atoms with E-state index in [1.54, 1.807) is 38.6 Å². The van der Waals surface area contributed by atoms with Crippen molar-refractivity contribution >= 4 is 21.8 Å². The van der Waals surface area contributed by atoms with E-state index >= 15 is 0 Å². The molecule has 2 aromatic heterocycles. The van der Waals surface area contributed by atoms with Crippen molar-refractivity contribution in [2.45, 2.75) is 24.8 Å². The molecule has 0 spiro atoms. The molecular formula is C17H24N3NaO6S. The van der Waals surface area contributed by atoms with Crippen molar-refractivity contribution < 1.29 is 59.7 Å². The van der Waals surface area contributed by atoms with Crippen molar-refractivity contribution in [3.05, 3.63) is 41.2 Å². The minimum Gasteiger partial charge on any atom is -0.497 e. The Morgan fingerprint density at radius 3 is 2.39 bits per heavy atom. The van der Waals surface area contributed by atoms with Crippen LogP contribution in [0.25, 0.3) is 11.0 Å². The third kappa shape index (κ3) is 5.74. The Balaban J connectivity index is 0. The van der Waals surface area contributed by atoms with Gasteiger partial charge < -0.3 is 35.9 Å². The second kappa shape index (κ2) is 12.1. The van der Waals surface area contributed by atoms with Crippen LogP contribution in [0.15, 0.2) is 29.6 Å². The molecule has 0 bridgehead atoms. The quantitative estimate of drug-likeness (QED) is 0.399.